The van der Waals surface area contributed by atoms with Crippen LogP contribution in [0, 0.1) is 5.92 Å². The number of hydrogen-bond acceptors (Lipinski definition) is 6. The fraction of sp³-hybridized carbons (Fsp3) is 0.733. The summed E-state index contributed by atoms with van der Waals surface area (Å²) in [5.74, 6) is 0.257. The number of anilines is 1. The van der Waals surface area contributed by atoms with Crippen molar-refractivity contribution in [2.75, 3.05) is 17.3 Å². The molecule has 1 aliphatic carbocycles. The van der Waals surface area contributed by atoms with Crippen molar-refractivity contribution in [3.63, 3.8) is 0 Å². The van der Waals surface area contributed by atoms with Gasteiger partial charge in [-0.3, -0.25) is 4.79 Å². The highest BCUT2D eigenvalue weighted by Crippen LogP contribution is 2.34. The highest BCUT2D eigenvalue weighted by molar-refractivity contribution is 7.90. The van der Waals surface area contributed by atoms with E-state index in [9.17, 15) is 13.2 Å². The van der Waals surface area contributed by atoms with E-state index in [0.29, 0.717) is 11.0 Å². The maximum atomic E-state index is 12.0. The number of hydrogen-bond donors (Lipinski definition) is 2. The average molecular weight is 360 g/mol. The summed E-state index contributed by atoms with van der Waals surface area (Å²) in [5, 5.41) is 3.31. The molecule has 1 aromatic heterocycles. The highest BCUT2D eigenvalue weighted by Gasteiger charge is 2.23. The van der Waals surface area contributed by atoms with Gasteiger partial charge in [-0.15, -0.1) is 11.3 Å². The first-order valence-electron chi connectivity index (χ1n) is 8.01. The van der Waals surface area contributed by atoms with Crippen molar-refractivity contribution in [2.24, 2.45) is 11.7 Å². The smallest absolute Gasteiger partial charge is 0.243 e. The minimum atomic E-state index is -3.11. The Morgan fingerprint density at radius 1 is 1.52 bits per heavy atom. The second-order valence-electron chi connectivity index (χ2n) is 6.30. The SMILES string of the molecule is CCCC1CCc2nc(NC(=O)C(N)CCS(C)(=O)=O)sc2C1. The number of thiazole rings is 1. The van der Waals surface area contributed by atoms with Gasteiger partial charge in [0.15, 0.2) is 5.13 Å². The Morgan fingerprint density at radius 2 is 2.26 bits per heavy atom. The molecular weight excluding hydrogens is 334 g/mol. The Labute approximate surface area is 141 Å². The molecule has 1 amide bonds. The molecule has 2 unspecified atom stereocenters. The normalized spacial score (nSPS) is 19.2. The number of aryl methyl sites for hydroxylation is 1. The van der Waals surface area contributed by atoms with Crippen molar-refractivity contribution in [3.05, 3.63) is 10.6 Å². The lowest BCUT2D eigenvalue weighted by Gasteiger charge is -2.19. The molecule has 2 atom stereocenters. The van der Waals surface area contributed by atoms with Crippen molar-refractivity contribution >= 4 is 32.2 Å². The fourth-order valence-electron chi connectivity index (χ4n) is 2.82. The van der Waals surface area contributed by atoms with E-state index < -0.39 is 15.9 Å². The van der Waals surface area contributed by atoms with Gasteiger partial charge in [0.2, 0.25) is 5.91 Å². The van der Waals surface area contributed by atoms with Gasteiger partial charge < -0.3 is 11.1 Å². The molecule has 130 valence electrons. The summed E-state index contributed by atoms with van der Waals surface area (Å²) in [6.07, 6.45) is 6.84. The summed E-state index contributed by atoms with van der Waals surface area (Å²) in [4.78, 5) is 17.8. The van der Waals surface area contributed by atoms with Gasteiger partial charge in [0, 0.05) is 11.1 Å². The monoisotopic (exact) mass is 359 g/mol. The zero-order valence-electron chi connectivity index (χ0n) is 13.7. The number of aromatic nitrogens is 1. The molecule has 1 aromatic rings. The summed E-state index contributed by atoms with van der Waals surface area (Å²) in [7, 11) is -3.11. The number of carbonyl (C=O) groups excluding carboxylic acids is 1. The molecule has 0 fully saturated rings. The molecule has 1 aliphatic rings. The van der Waals surface area contributed by atoms with Gasteiger partial charge in [-0.1, -0.05) is 19.8 Å². The molecule has 8 heteroatoms. The van der Waals surface area contributed by atoms with E-state index >= 15 is 0 Å². The molecule has 0 bridgehead atoms. The minimum absolute atomic E-state index is 0.0886. The summed E-state index contributed by atoms with van der Waals surface area (Å²) >= 11 is 1.52. The maximum Gasteiger partial charge on any atom is 0.243 e. The zero-order valence-corrected chi connectivity index (χ0v) is 15.3. The Bertz CT molecular complexity index is 655. The third kappa shape index (κ3) is 5.54. The van der Waals surface area contributed by atoms with E-state index in [1.54, 1.807) is 0 Å². The molecule has 3 N–H and O–H groups in total. The quantitative estimate of drug-likeness (QED) is 0.772. The van der Waals surface area contributed by atoms with Gasteiger partial charge >= 0.3 is 0 Å². The Hall–Kier alpha value is -0.990. The first-order valence-corrected chi connectivity index (χ1v) is 10.9. The molecule has 6 nitrogen and oxygen atoms in total. The molecular formula is C15H25N3O3S2. The number of nitrogens with two attached hydrogens (primary N) is 1. The van der Waals surface area contributed by atoms with Crippen LogP contribution in [0.4, 0.5) is 5.13 Å². The van der Waals surface area contributed by atoms with E-state index in [0.717, 1.165) is 31.2 Å². The lowest BCUT2D eigenvalue weighted by molar-refractivity contribution is -0.117. The number of sulfone groups is 1. The Morgan fingerprint density at radius 3 is 2.91 bits per heavy atom. The Kier molecular flexibility index (Phi) is 6.16. The van der Waals surface area contributed by atoms with E-state index in [1.165, 1.54) is 29.1 Å². The van der Waals surface area contributed by atoms with E-state index in [1.807, 2.05) is 0 Å². The molecule has 0 saturated carbocycles. The van der Waals surface area contributed by atoms with Crippen molar-refractivity contribution in [2.45, 2.75) is 51.5 Å². The largest absolute Gasteiger partial charge is 0.320 e. The number of amides is 1. The van der Waals surface area contributed by atoms with Crippen LogP contribution in [-0.2, 0) is 27.5 Å². The van der Waals surface area contributed by atoms with Gasteiger partial charge in [0.1, 0.15) is 9.84 Å². The standard InChI is InChI=1S/C15H25N3O3S2/c1-3-4-10-5-6-12-13(9-10)22-15(17-12)18-14(19)11(16)7-8-23(2,20)21/h10-11H,3-9,16H2,1-2H3,(H,17,18,19). The third-order valence-corrected chi connectivity index (χ3v) is 6.12. The molecule has 2 rings (SSSR count). The molecule has 1 heterocycles. The number of carbonyl (C=O) groups is 1. The second kappa shape index (κ2) is 7.72. The number of rotatable bonds is 7. The van der Waals surface area contributed by atoms with Crippen molar-refractivity contribution in [1.29, 1.82) is 0 Å². The molecule has 0 spiro atoms. The molecule has 23 heavy (non-hydrogen) atoms. The Balaban J connectivity index is 1.92. The lowest BCUT2D eigenvalue weighted by Crippen LogP contribution is -2.37. The fourth-order valence-corrected chi connectivity index (χ4v) is 4.63. The van der Waals surface area contributed by atoms with Crippen LogP contribution >= 0.6 is 11.3 Å². The zero-order chi connectivity index (χ0) is 17.0. The number of fused-ring (bicyclic) bond motifs is 1. The highest BCUT2D eigenvalue weighted by atomic mass is 32.2. The first kappa shape index (κ1) is 18.4. The summed E-state index contributed by atoms with van der Waals surface area (Å²) in [5.41, 5.74) is 6.84. The molecule has 0 radical (unpaired) electrons. The number of nitrogens with one attached hydrogen (secondary N) is 1. The van der Waals surface area contributed by atoms with Crippen molar-refractivity contribution in [3.8, 4) is 0 Å². The van der Waals surface area contributed by atoms with Gasteiger partial charge in [-0.25, -0.2) is 13.4 Å². The molecule has 0 aliphatic heterocycles. The number of nitrogens with zero attached hydrogens (tertiary/aromatic N) is 1. The van der Waals surface area contributed by atoms with Crippen LogP contribution < -0.4 is 11.1 Å². The van der Waals surface area contributed by atoms with Crippen LogP contribution in [0.5, 0.6) is 0 Å². The summed E-state index contributed by atoms with van der Waals surface area (Å²) < 4.78 is 22.3. The van der Waals surface area contributed by atoms with Crippen LogP contribution in [-0.4, -0.2) is 37.4 Å². The van der Waals surface area contributed by atoms with Gasteiger partial charge in [0.25, 0.3) is 0 Å². The molecule has 0 aromatic carbocycles. The predicted molar refractivity (Wildman–Crippen MR) is 93.5 cm³/mol. The van der Waals surface area contributed by atoms with Crippen LogP contribution in [0.15, 0.2) is 0 Å². The predicted octanol–water partition coefficient (Wildman–Crippen LogP) is 1.75. The van der Waals surface area contributed by atoms with Gasteiger partial charge in [-0.05, 0) is 31.6 Å². The molecule has 0 saturated heterocycles. The third-order valence-electron chi connectivity index (χ3n) is 4.11. The van der Waals surface area contributed by atoms with Crippen LogP contribution in [0.1, 0.15) is 43.2 Å². The summed E-state index contributed by atoms with van der Waals surface area (Å²) in [6.45, 7) is 2.20. The first-order chi connectivity index (χ1) is 10.8. The lowest BCUT2D eigenvalue weighted by atomic mass is 9.88. The van der Waals surface area contributed by atoms with E-state index in [4.69, 9.17) is 5.73 Å². The summed E-state index contributed by atoms with van der Waals surface area (Å²) in [6, 6.07) is -0.835. The van der Waals surface area contributed by atoms with Gasteiger partial charge in [0.05, 0.1) is 17.5 Å². The van der Waals surface area contributed by atoms with E-state index in [-0.39, 0.29) is 18.1 Å². The van der Waals surface area contributed by atoms with Crippen LogP contribution in [0.25, 0.3) is 0 Å². The minimum Gasteiger partial charge on any atom is -0.320 e. The van der Waals surface area contributed by atoms with E-state index in [2.05, 4.69) is 17.2 Å². The average Bonchev–Trinajstić information content (AvgIpc) is 2.85. The maximum absolute atomic E-state index is 12.0. The van der Waals surface area contributed by atoms with Crippen molar-refractivity contribution in [1.82, 2.24) is 4.98 Å². The van der Waals surface area contributed by atoms with Crippen LogP contribution in [0.2, 0.25) is 0 Å². The van der Waals surface area contributed by atoms with Crippen LogP contribution in [0.3, 0.4) is 0 Å². The van der Waals surface area contributed by atoms with Gasteiger partial charge in [-0.2, -0.15) is 0 Å². The topological polar surface area (TPSA) is 102 Å². The second-order valence-corrected chi connectivity index (χ2v) is 9.64. The van der Waals surface area contributed by atoms with Crippen molar-refractivity contribution < 1.29 is 13.2 Å².